The summed E-state index contributed by atoms with van der Waals surface area (Å²) in [6.45, 7) is 11.3. The average Bonchev–Trinajstić information content (AvgIpc) is 2.64. The maximum absolute atomic E-state index is 5.81. The third kappa shape index (κ3) is 9.19. The summed E-state index contributed by atoms with van der Waals surface area (Å²) in [6.07, 6.45) is 5.67. The number of ether oxygens (including phenoxy) is 2. The molecule has 6 nitrogen and oxygen atoms in total. The molecular formula is C19H39IN4O2. The van der Waals surface area contributed by atoms with Crippen molar-refractivity contribution in [3.8, 4) is 0 Å². The Morgan fingerprint density at radius 1 is 1.19 bits per heavy atom. The van der Waals surface area contributed by atoms with Gasteiger partial charge in [-0.1, -0.05) is 0 Å². The summed E-state index contributed by atoms with van der Waals surface area (Å²) in [6, 6.07) is 1.19. The number of hydrogen-bond acceptors (Lipinski definition) is 4. The fourth-order valence-electron chi connectivity index (χ4n) is 3.49. The molecule has 2 rings (SSSR count). The second kappa shape index (κ2) is 14.0. The van der Waals surface area contributed by atoms with E-state index in [-0.39, 0.29) is 24.0 Å². The van der Waals surface area contributed by atoms with Crippen molar-refractivity contribution in [3.05, 3.63) is 0 Å². The lowest BCUT2D eigenvalue weighted by Gasteiger charge is -2.35. The highest BCUT2D eigenvalue weighted by Crippen LogP contribution is 2.15. The van der Waals surface area contributed by atoms with E-state index in [0.717, 1.165) is 58.2 Å². The van der Waals surface area contributed by atoms with Gasteiger partial charge in [0.05, 0.1) is 0 Å². The molecule has 0 aromatic carbocycles. The van der Waals surface area contributed by atoms with Gasteiger partial charge < -0.3 is 25.0 Å². The Morgan fingerprint density at radius 3 is 2.50 bits per heavy atom. The highest BCUT2D eigenvalue weighted by molar-refractivity contribution is 14.0. The van der Waals surface area contributed by atoms with E-state index in [4.69, 9.17) is 9.47 Å². The normalized spacial score (nSPS) is 20.8. The Labute approximate surface area is 176 Å². The molecule has 0 radical (unpaired) electrons. The van der Waals surface area contributed by atoms with Gasteiger partial charge >= 0.3 is 0 Å². The summed E-state index contributed by atoms with van der Waals surface area (Å²) >= 11 is 0. The van der Waals surface area contributed by atoms with Gasteiger partial charge in [0.2, 0.25) is 0 Å². The number of piperidine rings is 1. The van der Waals surface area contributed by atoms with Crippen LogP contribution in [0.2, 0.25) is 0 Å². The molecular weight excluding hydrogens is 443 g/mol. The van der Waals surface area contributed by atoms with E-state index in [2.05, 4.69) is 34.4 Å². The topological polar surface area (TPSA) is 58.1 Å². The van der Waals surface area contributed by atoms with Gasteiger partial charge in [-0.2, -0.15) is 0 Å². The van der Waals surface area contributed by atoms with E-state index in [1.165, 1.54) is 25.9 Å². The van der Waals surface area contributed by atoms with Crippen LogP contribution in [0.5, 0.6) is 0 Å². The summed E-state index contributed by atoms with van der Waals surface area (Å²) in [7, 11) is 1.85. The van der Waals surface area contributed by atoms with Crippen LogP contribution < -0.4 is 10.6 Å². The van der Waals surface area contributed by atoms with E-state index in [1.807, 2.05) is 7.05 Å². The van der Waals surface area contributed by atoms with Gasteiger partial charge in [-0.3, -0.25) is 4.99 Å². The Balaban J connectivity index is 0.00000338. The number of rotatable bonds is 8. The van der Waals surface area contributed by atoms with E-state index in [0.29, 0.717) is 18.0 Å². The summed E-state index contributed by atoms with van der Waals surface area (Å²) in [5, 5.41) is 6.98. The minimum atomic E-state index is 0. The molecule has 2 saturated heterocycles. The molecule has 2 aliphatic heterocycles. The number of halogens is 1. The maximum atomic E-state index is 5.81. The van der Waals surface area contributed by atoms with Crippen LogP contribution in [0.4, 0.5) is 0 Å². The molecule has 0 amide bonds. The van der Waals surface area contributed by atoms with Crippen molar-refractivity contribution >= 4 is 29.9 Å². The lowest BCUT2D eigenvalue weighted by molar-refractivity contribution is 0.0203. The predicted octanol–water partition coefficient (Wildman–Crippen LogP) is 2.48. The highest BCUT2D eigenvalue weighted by atomic mass is 127. The van der Waals surface area contributed by atoms with Gasteiger partial charge in [0.25, 0.3) is 0 Å². The highest BCUT2D eigenvalue weighted by Gasteiger charge is 2.21. The van der Waals surface area contributed by atoms with E-state index in [9.17, 15) is 0 Å². The molecule has 0 aliphatic carbocycles. The summed E-state index contributed by atoms with van der Waals surface area (Å²) in [4.78, 5) is 6.90. The number of guanidine groups is 1. The Kier molecular flexibility index (Phi) is 12.8. The number of aliphatic imine (C=N–C) groups is 1. The molecule has 0 aromatic rings. The van der Waals surface area contributed by atoms with Crippen LogP contribution in [0.15, 0.2) is 4.99 Å². The molecule has 0 bridgehead atoms. The lowest BCUT2D eigenvalue weighted by atomic mass is 10.0. The smallest absolute Gasteiger partial charge is 0.191 e. The zero-order valence-electron chi connectivity index (χ0n) is 16.8. The molecule has 154 valence electrons. The number of hydrogen-bond donors (Lipinski definition) is 2. The minimum Gasteiger partial charge on any atom is -0.381 e. The van der Waals surface area contributed by atoms with E-state index >= 15 is 0 Å². The van der Waals surface area contributed by atoms with Gasteiger partial charge in [-0.05, 0) is 51.9 Å². The first kappa shape index (κ1) is 23.9. The maximum Gasteiger partial charge on any atom is 0.191 e. The van der Waals surface area contributed by atoms with Gasteiger partial charge in [0, 0.05) is 65.2 Å². The summed E-state index contributed by atoms with van der Waals surface area (Å²) < 4.78 is 11.2. The van der Waals surface area contributed by atoms with Crippen LogP contribution in [0.25, 0.3) is 0 Å². The van der Waals surface area contributed by atoms with Gasteiger partial charge in [-0.25, -0.2) is 0 Å². The fraction of sp³-hybridized carbons (Fsp3) is 0.947. The van der Waals surface area contributed by atoms with Crippen molar-refractivity contribution < 1.29 is 9.47 Å². The largest absolute Gasteiger partial charge is 0.381 e. The van der Waals surface area contributed by atoms with Crippen LogP contribution >= 0.6 is 24.0 Å². The molecule has 26 heavy (non-hydrogen) atoms. The third-order valence-electron chi connectivity index (χ3n) is 5.28. The van der Waals surface area contributed by atoms with Crippen LogP contribution in [0, 0.1) is 5.92 Å². The molecule has 0 spiro atoms. The molecule has 2 fully saturated rings. The van der Waals surface area contributed by atoms with Crippen LogP contribution in [-0.2, 0) is 9.47 Å². The molecule has 0 unspecified atom stereocenters. The molecule has 2 N–H and O–H groups in total. The molecule has 7 heteroatoms. The molecule has 2 heterocycles. The fourth-order valence-corrected chi connectivity index (χ4v) is 3.49. The zero-order valence-corrected chi connectivity index (χ0v) is 19.2. The second-order valence-corrected chi connectivity index (χ2v) is 7.53. The number of nitrogens with zero attached hydrogens (tertiary/aromatic N) is 2. The average molecular weight is 482 g/mol. The summed E-state index contributed by atoms with van der Waals surface area (Å²) in [5.41, 5.74) is 0. The van der Waals surface area contributed by atoms with Crippen molar-refractivity contribution in [3.63, 3.8) is 0 Å². The van der Waals surface area contributed by atoms with Crippen molar-refractivity contribution in [1.29, 1.82) is 0 Å². The second-order valence-electron chi connectivity index (χ2n) is 7.53. The van der Waals surface area contributed by atoms with Gasteiger partial charge in [-0.15, -0.1) is 24.0 Å². The van der Waals surface area contributed by atoms with Crippen molar-refractivity contribution in [2.75, 3.05) is 53.1 Å². The van der Waals surface area contributed by atoms with E-state index in [1.54, 1.807) is 0 Å². The quantitative estimate of drug-likeness (QED) is 0.241. The lowest BCUT2D eigenvalue weighted by Crippen LogP contribution is -2.50. The Hall–Kier alpha value is -0.120. The standard InChI is InChI=1S/C19H38N4O2.HI/c1-16(2)23-10-5-18(6-11-23)22-19(20-3)21-9-4-12-25-15-17-7-13-24-14-8-17;/h16-18H,4-15H2,1-3H3,(H2,20,21,22);1H. The minimum absolute atomic E-state index is 0. The molecule has 2 aliphatic rings. The zero-order chi connectivity index (χ0) is 17.9. The molecule has 0 aromatic heterocycles. The first-order chi connectivity index (χ1) is 12.2. The third-order valence-corrected chi connectivity index (χ3v) is 5.28. The van der Waals surface area contributed by atoms with Crippen molar-refractivity contribution in [2.45, 2.75) is 58.0 Å². The van der Waals surface area contributed by atoms with Crippen molar-refractivity contribution in [2.24, 2.45) is 10.9 Å². The monoisotopic (exact) mass is 482 g/mol. The number of likely N-dealkylation sites (tertiary alicyclic amines) is 1. The predicted molar refractivity (Wildman–Crippen MR) is 119 cm³/mol. The first-order valence-electron chi connectivity index (χ1n) is 10.1. The Morgan fingerprint density at radius 2 is 1.88 bits per heavy atom. The molecule has 0 atom stereocenters. The van der Waals surface area contributed by atoms with E-state index < -0.39 is 0 Å². The Bertz CT molecular complexity index is 382. The first-order valence-corrected chi connectivity index (χ1v) is 10.1. The van der Waals surface area contributed by atoms with Crippen molar-refractivity contribution in [1.82, 2.24) is 15.5 Å². The van der Waals surface area contributed by atoms with Gasteiger partial charge in [0.1, 0.15) is 0 Å². The SMILES string of the molecule is CN=C(NCCCOCC1CCOCC1)NC1CCN(C(C)C)CC1.I. The summed E-state index contributed by atoms with van der Waals surface area (Å²) in [5.74, 6) is 1.61. The van der Waals surface area contributed by atoms with Crippen LogP contribution in [0.1, 0.15) is 46.0 Å². The molecule has 0 saturated carbocycles. The van der Waals surface area contributed by atoms with Crippen LogP contribution in [0.3, 0.4) is 0 Å². The van der Waals surface area contributed by atoms with Crippen LogP contribution in [-0.4, -0.2) is 76.1 Å². The van der Waals surface area contributed by atoms with Gasteiger partial charge in [0.15, 0.2) is 5.96 Å². The number of nitrogens with one attached hydrogen (secondary N) is 2.